The van der Waals surface area contributed by atoms with Gasteiger partial charge in [0.2, 0.25) is 5.91 Å². The van der Waals surface area contributed by atoms with Gasteiger partial charge < -0.3 is 5.32 Å². The highest BCUT2D eigenvalue weighted by molar-refractivity contribution is 14.1. The van der Waals surface area contributed by atoms with Crippen LogP contribution in [0.15, 0.2) is 42.5 Å². The number of hydrogen-bond acceptors (Lipinski definition) is 2. The number of halogens is 1. The van der Waals surface area contributed by atoms with Crippen LogP contribution in [0.3, 0.4) is 0 Å². The molecule has 114 valence electrons. The molecule has 0 unspecified atom stereocenters. The summed E-state index contributed by atoms with van der Waals surface area (Å²) in [6, 6.07) is 13.2. The Balaban J connectivity index is 1.91. The zero-order chi connectivity index (χ0) is 16.1. The van der Waals surface area contributed by atoms with Gasteiger partial charge in [0.15, 0.2) is 5.78 Å². The predicted molar refractivity (Wildman–Crippen MR) is 97.3 cm³/mol. The Morgan fingerprint density at radius 1 is 1.00 bits per heavy atom. The molecule has 0 saturated heterocycles. The van der Waals surface area contributed by atoms with Gasteiger partial charge in [-0.15, -0.1) is 0 Å². The third-order valence-corrected chi connectivity index (χ3v) is 4.34. The molecule has 0 aliphatic heterocycles. The molecule has 0 bridgehead atoms. The van der Waals surface area contributed by atoms with Crippen molar-refractivity contribution < 1.29 is 9.59 Å². The van der Waals surface area contributed by atoms with Gasteiger partial charge in [-0.05, 0) is 65.8 Å². The number of nitrogens with one attached hydrogen (secondary N) is 1. The van der Waals surface area contributed by atoms with Crippen molar-refractivity contribution in [2.45, 2.75) is 26.7 Å². The summed E-state index contributed by atoms with van der Waals surface area (Å²) < 4.78 is 1.09. The molecule has 22 heavy (non-hydrogen) atoms. The number of carbonyl (C=O) groups is 2. The van der Waals surface area contributed by atoms with Crippen molar-refractivity contribution in [3.8, 4) is 0 Å². The van der Waals surface area contributed by atoms with Crippen LogP contribution in [0.4, 0.5) is 5.69 Å². The Kier molecular flexibility index (Phi) is 5.71. The Morgan fingerprint density at radius 3 is 2.36 bits per heavy atom. The lowest BCUT2D eigenvalue weighted by atomic mass is 10.1. The molecule has 0 radical (unpaired) electrons. The van der Waals surface area contributed by atoms with Gasteiger partial charge in [-0.2, -0.15) is 0 Å². The minimum Gasteiger partial charge on any atom is -0.326 e. The maximum Gasteiger partial charge on any atom is 0.224 e. The second-order valence-electron chi connectivity index (χ2n) is 5.23. The molecule has 0 atom stereocenters. The first-order chi connectivity index (χ1) is 10.5. The van der Waals surface area contributed by atoms with Crippen LogP contribution in [-0.2, 0) is 4.79 Å². The van der Waals surface area contributed by atoms with E-state index in [1.165, 1.54) is 0 Å². The van der Waals surface area contributed by atoms with E-state index in [1.54, 1.807) is 12.1 Å². The number of benzene rings is 2. The smallest absolute Gasteiger partial charge is 0.224 e. The molecule has 0 aliphatic carbocycles. The summed E-state index contributed by atoms with van der Waals surface area (Å²) in [6.45, 7) is 3.98. The summed E-state index contributed by atoms with van der Waals surface area (Å²) in [7, 11) is 0. The van der Waals surface area contributed by atoms with Gasteiger partial charge in [0.25, 0.3) is 0 Å². The zero-order valence-corrected chi connectivity index (χ0v) is 14.8. The van der Waals surface area contributed by atoms with E-state index in [9.17, 15) is 9.59 Å². The van der Waals surface area contributed by atoms with Crippen molar-refractivity contribution in [3.63, 3.8) is 0 Å². The molecule has 0 aliphatic rings. The van der Waals surface area contributed by atoms with Crippen LogP contribution in [0.1, 0.15) is 34.3 Å². The van der Waals surface area contributed by atoms with E-state index in [-0.39, 0.29) is 24.5 Å². The first-order valence-electron chi connectivity index (χ1n) is 7.12. The molecule has 3 nitrogen and oxygen atoms in total. The van der Waals surface area contributed by atoms with Crippen LogP contribution in [0.5, 0.6) is 0 Å². The summed E-state index contributed by atoms with van der Waals surface area (Å²) in [5, 5.41) is 2.87. The average Bonchev–Trinajstić information content (AvgIpc) is 2.50. The first-order valence-corrected chi connectivity index (χ1v) is 8.20. The summed E-state index contributed by atoms with van der Waals surface area (Å²) in [6.07, 6.45) is 0.412. The predicted octanol–water partition coefficient (Wildman–Crippen LogP) is 4.51. The van der Waals surface area contributed by atoms with Crippen molar-refractivity contribution in [3.05, 3.63) is 62.7 Å². The summed E-state index contributed by atoms with van der Waals surface area (Å²) in [5.41, 5.74) is 3.65. The third kappa shape index (κ3) is 4.40. The van der Waals surface area contributed by atoms with Gasteiger partial charge in [0, 0.05) is 27.7 Å². The number of carbonyl (C=O) groups excluding carboxylic acids is 2. The van der Waals surface area contributed by atoms with Gasteiger partial charge in [-0.3, -0.25) is 9.59 Å². The van der Waals surface area contributed by atoms with Crippen LogP contribution in [0, 0.1) is 17.4 Å². The number of anilines is 1. The molecule has 0 spiro atoms. The topological polar surface area (TPSA) is 46.2 Å². The molecule has 0 fully saturated rings. The van der Waals surface area contributed by atoms with Crippen LogP contribution in [-0.4, -0.2) is 11.7 Å². The van der Waals surface area contributed by atoms with Crippen molar-refractivity contribution in [2.75, 3.05) is 5.32 Å². The summed E-state index contributed by atoms with van der Waals surface area (Å²) in [5.74, 6) is -0.139. The van der Waals surface area contributed by atoms with Gasteiger partial charge in [-0.1, -0.05) is 24.3 Å². The Labute approximate surface area is 144 Å². The molecule has 2 aromatic rings. The average molecular weight is 407 g/mol. The first kappa shape index (κ1) is 16.7. The molecule has 0 saturated carbocycles. The fourth-order valence-electron chi connectivity index (χ4n) is 2.11. The van der Waals surface area contributed by atoms with E-state index in [1.807, 2.05) is 44.2 Å². The van der Waals surface area contributed by atoms with Crippen LogP contribution >= 0.6 is 22.6 Å². The number of aryl methyl sites for hydroxylation is 1. The Bertz CT molecular complexity index is 693. The standard InChI is InChI=1S/C18H18INO2/c1-12-4-3-5-16(13(12)2)20-18(22)11-10-17(21)14-6-8-15(19)9-7-14/h3-9H,10-11H2,1-2H3,(H,20,22). The fourth-order valence-corrected chi connectivity index (χ4v) is 2.47. The van der Waals surface area contributed by atoms with E-state index in [0.717, 1.165) is 20.4 Å². The van der Waals surface area contributed by atoms with Crippen LogP contribution in [0.2, 0.25) is 0 Å². The minimum atomic E-state index is -0.132. The molecule has 2 aromatic carbocycles. The highest BCUT2D eigenvalue weighted by Gasteiger charge is 2.10. The second kappa shape index (κ2) is 7.54. The lowest BCUT2D eigenvalue weighted by Crippen LogP contribution is -2.14. The summed E-state index contributed by atoms with van der Waals surface area (Å²) >= 11 is 2.19. The highest BCUT2D eigenvalue weighted by atomic mass is 127. The lowest BCUT2D eigenvalue weighted by Gasteiger charge is -2.10. The van der Waals surface area contributed by atoms with E-state index in [0.29, 0.717) is 5.56 Å². The van der Waals surface area contributed by atoms with Gasteiger partial charge in [0.1, 0.15) is 0 Å². The van der Waals surface area contributed by atoms with Crippen molar-refractivity contribution >= 4 is 40.0 Å². The third-order valence-electron chi connectivity index (χ3n) is 3.62. The van der Waals surface area contributed by atoms with E-state index < -0.39 is 0 Å². The van der Waals surface area contributed by atoms with Crippen molar-refractivity contribution in [1.82, 2.24) is 0 Å². The number of amides is 1. The van der Waals surface area contributed by atoms with E-state index >= 15 is 0 Å². The quantitative estimate of drug-likeness (QED) is 0.586. The SMILES string of the molecule is Cc1cccc(NC(=O)CCC(=O)c2ccc(I)cc2)c1C. The van der Waals surface area contributed by atoms with E-state index in [2.05, 4.69) is 27.9 Å². The normalized spacial score (nSPS) is 10.3. The molecule has 0 heterocycles. The maximum atomic E-state index is 12.1. The zero-order valence-electron chi connectivity index (χ0n) is 12.7. The molecule has 1 N–H and O–H groups in total. The van der Waals surface area contributed by atoms with Gasteiger partial charge >= 0.3 is 0 Å². The van der Waals surface area contributed by atoms with Crippen LogP contribution < -0.4 is 5.32 Å². The van der Waals surface area contributed by atoms with Gasteiger partial charge in [0.05, 0.1) is 0 Å². The second-order valence-corrected chi connectivity index (χ2v) is 6.47. The molecular weight excluding hydrogens is 389 g/mol. The molecular formula is C18H18INO2. The number of hydrogen-bond donors (Lipinski definition) is 1. The van der Waals surface area contributed by atoms with Crippen molar-refractivity contribution in [2.24, 2.45) is 0 Å². The largest absolute Gasteiger partial charge is 0.326 e. The van der Waals surface area contributed by atoms with Crippen LogP contribution in [0.25, 0.3) is 0 Å². The molecule has 1 amide bonds. The minimum absolute atomic E-state index is 0.00693. The number of rotatable bonds is 5. The highest BCUT2D eigenvalue weighted by Crippen LogP contribution is 2.18. The lowest BCUT2D eigenvalue weighted by molar-refractivity contribution is -0.116. The summed E-state index contributed by atoms with van der Waals surface area (Å²) in [4.78, 5) is 24.1. The van der Waals surface area contributed by atoms with Gasteiger partial charge in [-0.25, -0.2) is 0 Å². The van der Waals surface area contributed by atoms with Crippen molar-refractivity contribution in [1.29, 1.82) is 0 Å². The maximum absolute atomic E-state index is 12.1. The molecule has 4 heteroatoms. The van der Waals surface area contributed by atoms with E-state index in [4.69, 9.17) is 0 Å². The number of Topliss-reactive ketones (excluding diaryl/α,β-unsaturated/α-hetero) is 1. The monoisotopic (exact) mass is 407 g/mol. The Hall–Kier alpha value is -1.69. The molecule has 0 aromatic heterocycles. The fraction of sp³-hybridized carbons (Fsp3) is 0.222. The molecule has 2 rings (SSSR count). The Morgan fingerprint density at radius 2 is 1.68 bits per heavy atom. The number of ketones is 1.